The third-order valence-electron chi connectivity index (χ3n) is 4.03. The highest BCUT2D eigenvalue weighted by atomic mass is 35.5. The first-order chi connectivity index (χ1) is 11.2. The van der Waals surface area contributed by atoms with Crippen LogP contribution >= 0.6 is 11.6 Å². The summed E-state index contributed by atoms with van der Waals surface area (Å²) < 4.78 is 15.9. The number of hydrogen-bond acceptors (Lipinski definition) is 6. The normalized spacial score (nSPS) is 17.4. The van der Waals surface area contributed by atoms with Crippen molar-refractivity contribution in [1.29, 1.82) is 0 Å². The Labute approximate surface area is 140 Å². The molecule has 3 rings (SSSR count). The number of halogens is 1. The van der Waals surface area contributed by atoms with Crippen molar-refractivity contribution in [3.05, 3.63) is 23.0 Å². The highest BCUT2D eigenvalue weighted by molar-refractivity contribution is 6.32. The van der Waals surface area contributed by atoms with E-state index < -0.39 is 0 Å². The standard InChI is InChI=1S/C16H20ClN3O3/c1-21-13-9-10(8-12(17)15(13)22-2)16-19-14(23-20-16)6-5-11-4-3-7-18-11/h8-9,11,18H,3-7H2,1-2H3. The van der Waals surface area contributed by atoms with Crippen LogP contribution in [-0.2, 0) is 6.42 Å². The Hall–Kier alpha value is -1.79. The van der Waals surface area contributed by atoms with Gasteiger partial charge in [0.15, 0.2) is 11.5 Å². The van der Waals surface area contributed by atoms with Crippen molar-refractivity contribution in [3.63, 3.8) is 0 Å². The first-order valence-corrected chi connectivity index (χ1v) is 8.07. The number of aromatic nitrogens is 2. The predicted octanol–water partition coefficient (Wildman–Crippen LogP) is 3.09. The zero-order valence-corrected chi connectivity index (χ0v) is 14.0. The van der Waals surface area contributed by atoms with Gasteiger partial charge >= 0.3 is 0 Å². The summed E-state index contributed by atoms with van der Waals surface area (Å²) in [7, 11) is 3.11. The molecule has 0 bridgehead atoms. The lowest BCUT2D eigenvalue weighted by Crippen LogP contribution is -2.21. The summed E-state index contributed by atoms with van der Waals surface area (Å²) in [5.41, 5.74) is 0.738. The van der Waals surface area contributed by atoms with Crippen LogP contribution in [0.5, 0.6) is 11.5 Å². The van der Waals surface area contributed by atoms with Crippen LogP contribution in [0.4, 0.5) is 0 Å². The van der Waals surface area contributed by atoms with Gasteiger partial charge in [0.05, 0.1) is 19.2 Å². The number of aryl methyl sites for hydroxylation is 1. The van der Waals surface area contributed by atoms with Gasteiger partial charge in [-0.3, -0.25) is 0 Å². The molecule has 1 aromatic heterocycles. The lowest BCUT2D eigenvalue weighted by atomic mass is 10.1. The van der Waals surface area contributed by atoms with Crippen LogP contribution in [0.25, 0.3) is 11.4 Å². The molecule has 1 aliphatic rings. The second kappa shape index (κ2) is 7.19. The molecule has 0 spiro atoms. The summed E-state index contributed by atoms with van der Waals surface area (Å²) in [5, 5.41) is 7.95. The van der Waals surface area contributed by atoms with Crippen LogP contribution in [0, 0.1) is 0 Å². The molecule has 1 unspecified atom stereocenters. The SMILES string of the molecule is COc1cc(-c2noc(CCC3CCCN3)n2)cc(Cl)c1OC. The van der Waals surface area contributed by atoms with Gasteiger partial charge in [-0.2, -0.15) is 4.98 Å². The molecular formula is C16H20ClN3O3. The van der Waals surface area contributed by atoms with E-state index in [0.29, 0.717) is 34.3 Å². The monoisotopic (exact) mass is 337 g/mol. The van der Waals surface area contributed by atoms with Crippen LogP contribution in [0.2, 0.25) is 5.02 Å². The van der Waals surface area contributed by atoms with E-state index in [-0.39, 0.29) is 0 Å². The third-order valence-corrected chi connectivity index (χ3v) is 4.31. The van der Waals surface area contributed by atoms with E-state index in [2.05, 4.69) is 15.5 Å². The topological polar surface area (TPSA) is 69.4 Å². The molecule has 1 aromatic carbocycles. The Bertz CT molecular complexity index is 669. The summed E-state index contributed by atoms with van der Waals surface area (Å²) in [5.74, 6) is 2.17. The largest absolute Gasteiger partial charge is 0.493 e. The van der Waals surface area contributed by atoms with Gasteiger partial charge in [-0.1, -0.05) is 16.8 Å². The number of hydrogen-bond donors (Lipinski definition) is 1. The van der Waals surface area contributed by atoms with Crippen molar-refractivity contribution in [2.24, 2.45) is 0 Å². The molecule has 1 atom stereocenters. The maximum absolute atomic E-state index is 6.22. The summed E-state index contributed by atoms with van der Waals surface area (Å²) in [6, 6.07) is 4.09. The number of methoxy groups -OCH3 is 2. The lowest BCUT2D eigenvalue weighted by molar-refractivity contribution is 0.355. The molecule has 2 heterocycles. The van der Waals surface area contributed by atoms with Gasteiger partial charge in [-0.25, -0.2) is 0 Å². The molecule has 0 radical (unpaired) electrons. The quantitative estimate of drug-likeness (QED) is 0.873. The molecule has 2 aromatic rings. The minimum atomic E-state index is 0.448. The van der Waals surface area contributed by atoms with Crippen molar-refractivity contribution in [1.82, 2.24) is 15.5 Å². The number of rotatable bonds is 6. The van der Waals surface area contributed by atoms with E-state index >= 15 is 0 Å². The minimum Gasteiger partial charge on any atom is -0.493 e. The average molecular weight is 338 g/mol. The molecule has 1 saturated heterocycles. The second-order valence-electron chi connectivity index (χ2n) is 5.54. The van der Waals surface area contributed by atoms with E-state index in [4.69, 9.17) is 25.6 Å². The molecule has 23 heavy (non-hydrogen) atoms. The number of nitrogens with zero attached hydrogens (tertiary/aromatic N) is 2. The molecular weight excluding hydrogens is 318 g/mol. The molecule has 7 heteroatoms. The van der Waals surface area contributed by atoms with E-state index in [0.717, 1.165) is 24.9 Å². The predicted molar refractivity (Wildman–Crippen MR) is 87.2 cm³/mol. The van der Waals surface area contributed by atoms with Crippen LogP contribution < -0.4 is 14.8 Å². The Morgan fingerprint density at radius 1 is 1.35 bits per heavy atom. The maximum Gasteiger partial charge on any atom is 0.227 e. The minimum absolute atomic E-state index is 0.448. The van der Waals surface area contributed by atoms with E-state index in [1.54, 1.807) is 26.4 Å². The third kappa shape index (κ3) is 3.59. The number of benzene rings is 1. The zero-order chi connectivity index (χ0) is 16.2. The molecule has 0 amide bonds. The summed E-state index contributed by atoms with van der Waals surface area (Å²) >= 11 is 6.22. The molecule has 6 nitrogen and oxygen atoms in total. The Balaban J connectivity index is 1.75. The molecule has 1 N–H and O–H groups in total. The van der Waals surface area contributed by atoms with Gasteiger partial charge in [0, 0.05) is 18.0 Å². The van der Waals surface area contributed by atoms with Gasteiger partial charge in [0.2, 0.25) is 11.7 Å². The van der Waals surface area contributed by atoms with Crippen LogP contribution in [0.15, 0.2) is 16.7 Å². The maximum atomic E-state index is 6.22. The van der Waals surface area contributed by atoms with Gasteiger partial charge in [0.1, 0.15) is 0 Å². The molecule has 1 fully saturated rings. The molecule has 124 valence electrons. The average Bonchev–Trinajstić information content (AvgIpc) is 3.23. The Morgan fingerprint density at radius 3 is 2.91 bits per heavy atom. The fourth-order valence-electron chi connectivity index (χ4n) is 2.82. The first kappa shape index (κ1) is 16.1. The van der Waals surface area contributed by atoms with Crippen LogP contribution in [-0.4, -0.2) is 36.9 Å². The van der Waals surface area contributed by atoms with Crippen molar-refractivity contribution >= 4 is 11.6 Å². The van der Waals surface area contributed by atoms with Crippen molar-refractivity contribution in [3.8, 4) is 22.9 Å². The highest BCUT2D eigenvalue weighted by Gasteiger charge is 2.18. The summed E-state index contributed by atoms with van der Waals surface area (Å²) in [6.45, 7) is 1.10. The summed E-state index contributed by atoms with van der Waals surface area (Å²) in [6.07, 6.45) is 4.23. The highest BCUT2D eigenvalue weighted by Crippen LogP contribution is 2.38. The van der Waals surface area contributed by atoms with E-state index in [9.17, 15) is 0 Å². The number of nitrogens with one attached hydrogen (secondary N) is 1. The van der Waals surface area contributed by atoms with Crippen LogP contribution in [0.1, 0.15) is 25.2 Å². The fraction of sp³-hybridized carbons (Fsp3) is 0.500. The molecule has 0 saturated carbocycles. The Kier molecular flexibility index (Phi) is 5.03. The first-order valence-electron chi connectivity index (χ1n) is 7.69. The number of ether oxygens (including phenoxy) is 2. The van der Waals surface area contributed by atoms with Gasteiger partial charge < -0.3 is 19.3 Å². The van der Waals surface area contributed by atoms with Gasteiger partial charge in [-0.15, -0.1) is 0 Å². The van der Waals surface area contributed by atoms with E-state index in [1.165, 1.54) is 12.8 Å². The van der Waals surface area contributed by atoms with Crippen LogP contribution in [0.3, 0.4) is 0 Å². The lowest BCUT2D eigenvalue weighted by Gasteiger charge is -2.10. The van der Waals surface area contributed by atoms with Gasteiger partial charge in [0.25, 0.3) is 0 Å². The van der Waals surface area contributed by atoms with Gasteiger partial charge in [-0.05, 0) is 37.9 Å². The van der Waals surface area contributed by atoms with Crippen molar-refractivity contribution in [2.75, 3.05) is 20.8 Å². The zero-order valence-electron chi connectivity index (χ0n) is 13.3. The second-order valence-corrected chi connectivity index (χ2v) is 5.94. The molecule has 1 aliphatic heterocycles. The van der Waals surface area contributed by atoms with Crippen molar-refractivity contribution in [2.45, 2.75) is 31.7 Å². The fourth-order valence-corrected chi connectivity index (χ4v) is 3.11. The van der Waals surface area contributed by atoms with Crippen molar-refractivity contribution < 1.29 is 14.0 Å². The Morgan fingerprint density at radius 2 is 2.22 bits per heavy atom. The molecule has 0 aliphatic carbocycles. The smallest absolute Gasteiger partial charge is 0.227 e. The summed E-state index contributed by atoms with van der Waals surface area (Å²) in [4.78, 5) is 4.45. The van der Waals surface area contributed by atoms with E-state index in [1.807, 2.05) is 0 Å².